The number of fused-ring (bicyclic) bond motifs is 2. The Hall–Kier alpha value is -2.75. The van der Waals surface area contributed by atoms with Gasteiger partial charge in [-0.1, -0.05) is 30.3 Å². The minimum Gasteiger partial charge on any atom is -0.490 e. The molecule has 0 bridgehead atoms. The van der Waals surface area contributed by atoms with Crippen molar-refractivity contribution in [3.63, 3.8) is 0 Å². The lowest BCUT2D eigenvalue weighted by Crippen LogP contribution is -2.07. The molecule has 2 heterocycles. The van der Waals surface area contributed by atoms with Crippen LogP contribution in [0.15, 0.2) is 48.7 Å². The molecule has 0 atom stereocenters. The molecule has 0 aliphatic carbocycles. The molecule has 0 N–H and O–H groups in total. The molecule has 4 heteroatoms. The van der Waals surface area contributed by atoms with Gasteiger partial charge in [-0.05, 0) is 31.5 Å². The van der Waals surface area contributed by atoms with Crippen LogP contribution in [0.1, 0.15) is 20.3 Å². The number of pyridine rings is 1. The van der Waals surface area contributed by atoms with Crippen molar-refractivity contribution in [3.05, 3.63) is 48.7 Å². The van der Waals surface area contributed by atoms with Gasteiger partial charge in [-0.2, -0.15) is 0 Å². The Morgan fingerprint density at radius 1 is 0.960 bits per heavy atom. The molecule has 3 aromatic rings. The lowest BCUT2D eigenvalue weighted by molar-refractivity contribution is 0.236. The smallest absolute Gasteiger partial charge is 0.221 e. The van der Waals surface area contributed by atoms with Gasteiger partial charge in [-0.25, -0.2) is 4.98 Å². The number of benzene rings is 2. The first-order valence-corrected chi connectivity index (χ1v) is 8.67. The molecule has 0 fully saturated rings. The molecule has 0 radical (unpaired) electrons. The standard InChI is InChI=1S/C21H21NO3/c1-14(2)25-21-17-12-20-19(23-9-6-10-24-20)11-16(17)18(13-22-21)15-7-4-3-5-8-15/h3-5,7-8,11-14H,6,9-10H2,1-2H3. The Labute approximate surface area is 147 Å². The van der Waals surface area contributed by atoms with Crippen LogP contribution in [-0.4, -0.2) is 24.3 Å². The number of nitrogens with zero attached hydrogens (tertiary/aromatic N) is 1. The maximum absolute atomic E-state index is 5.93. The Bertz CT molecular complexity index is 891. The molecule has 4 nitrogen and oxygen atoms in total. The van der Waals surface area contributed by atoms with Crippen LogP contribution in [0, 0.1) is 0 Å². The molecule has 0 amide bonds. The topological polar surface area (TPSA) is 40.6 Å². The molecular weight excluding hydrogens is 314 g/mol. The van der Waals surface area contributed by atoms with E-state index in [0.717, 1.165) is 39.8 Å². The molecule has 0 spiro atoms. The van der Waals surface area contributed by atoms with Gasteiger partial charge in [0.2, 0.25) is 5.88 Å². The van der Waals surface area contributed by atoms with Crippen molar-refractivity contribution < 1.29 is 14.2 Å². The van der Waals surface area contributed by atoms with E-state index in [4.69, 9.17) is 14.2 Å². The highest BCUT2D eigenvalue weighted by molar-refractivity contribution is 6.00. The third-order valence-electron chi connectivity index (χ3n) is 4.15. The van der Waals surface area contributed by atoms with Crippen molar-refractivity contribution in [2.75, 3.05) is 13.2 Å². The average Bonchev–Trinajstić information content (AvgIpc) is 2.85. The fourth-order valence-corrected chi connectivity index (χ4v) is 3.04. The summed E-state index contributed by atoms with van der Waals surface area (Å²) in [5, 5.41) is 2.00. The zero-order chi connectivity index (χ0) is 17.2. The molecule has 4 rings (SSSR count). The Balaban J connectivity index is 1.96. The van der Waals surface area contributed by atoms with Gasteiger partial charge in [0.15, 0.2) is 11.5 Å². The van der Waals surface area contributed by atoms with E-state index in [-0.39, 0.29) is 6.10 Å². The van der Waals surface area contributed by atoms with Crippen LogP contribution in [0.3, 0.4) is 0 Å². The number of ether oxygens (including phenoxy) is 3. The van der Waals surface area contributed by atoms with Crippen LogP contribution < -0.4 is 14.2 Å². The van der Waals surface area contributed by atoms with E-state index in [0.29, 0.717) is 19.1 Å². The molecule has 1 aliphatic rings. The summed E-state index contributed by atoms with van der Waals surface area (Å²) in [7, 11) is 0. The average molecular weight is 335 g/mol. The van der Waals surface area contributed by atoms with Crippen LogP contribution in [-0.2, 0) is 0 Å². The predicted octanol–water partition coefficient (Wildman–Crippen LogP) is 4.85. The van der Waals surface area contributed by atoms with Gasteiger partial charge in [-0.3, -0.25) is 0 Å². The van der Waals surface area contributed by atoms with Gasteiger partial charge < -0.3 is 14.2 Å². The molecule has 0 saturated heterocycles. The van der Waals surface area contributed by atoms with Gasteiger partial charge in [0.05, 0.1) is 19.3 Å². The molecule has 0 unspecified atom stereocenters. The van der Waals surface area contributed by atoms with Gasteiger partial charge in [0.25, 0.3) is 0 Å². The normalized spacial score (nSPS) is 13.7. The monoisotopic (exact) mass is 335 g/mol. The highest BCUT2D eigenvalue weighted by Crippen LogP contribution is 2.41. The van der Waals surface area contributed by atoms with Crippen molar-refractivity contribution in [2.24, 2.45) is 0 Å². The zero-order valence-electron chi connectivity index (χ0n) is 14.5. The summed E-state index contributed by atoms with van der Waals surface area (Å²) >= 11 is 0. The third-order valence-corrected chi connectivity index (χ3v) is 4.15. The molecule has 25 heavy (non-hydrogen) atoms. The molecule has 1 aromatic heterocycles. The van der Waals surface area contributed by atoms with E-state index < -0.39 is 0 Å². The maximum Gasteiger partial charge on any atom is 0.221 e. The van der Waals surface area contributed by atoms with Crippen molar-refractivity contribution in [1.82, 2.24) is 4.98 Å². The lowest BCUT2D eigenvalue weighted by Gasteiger charge is -2.16. The maximum atomic E-state index is 5.93. The minimum atomic E-state index is 0.0502. The summed E-state index contributed by atoms with van der Waals surface area (Å²) in [4.78, 5) is 4.58. The van der Waals surface area contributed by atoms with Crippen LogP contribution in [0.2, 0.25) is 0 Å². The van der Waals surface area contributed by atoms with E-state index in [9.17, 15) is 0 Å². The van der Waals surface area contributed by atoms with Gasteiger partial charge >= 0.3 is 0 Å². The summed E-state index contributed by atoms with van der Waals surface area (Å²) in [6, 6.07) is 14.3. The van der Waals surface area contributed by atoms with Crippen LogP contribution in [0.4, 0.5) is 0 Å². The van der Waals surface area contributed by atoms with E-state index in [1.54, 1.807) is 0 Å². The summed E-state index contributed by atoms with van der Waals surface area (Å²) in [5.74, 6) is 2.16. The molecule has 1 aliphatic heterocycles. The first-order valence-electron chi connectivity index (χ1n) is 8.67. The van der Waals surface area contributed by atoms with E-state index in [1.807, 2.05) is 50.4 Å². The second-order valence-corrected chi connectivity index (χ2v) is 6.40. The highest BCUT2D eigenvalue weighted by atomic mass is 16.5. The Morgan fingerprint density at radius 2 is 1.64 bits per heavy atom. The van der Waals surface area contributed by atoms with Crippen molar-refractivity contribution >= 4 is 10.8 Å². The van der Waals surface area contributed by atoms with Crippen LogP contribution >= 0.6 is 0 Å². The van der Waals surface area contributed by atoms with E-state index >= 15 is 0 Å². The summed E-state index contributed by atoms with van der Waals surface area (Å²) < 4.78 is 17.7. The van der Waals surface area contributed by atoms with Crippen LogP contribution in [0.25, 0.3) is 21.9 Å². The van der Waals surface area contributed by atoms with E-state index in [1.165, 1.54) is 0 Å². The fraction of sp³-hybridized carbons (Fsp3) is 0.286. The zero-order valence-corrected chi connectivity index (χ0v) is 14.5. The second-order valence-electron chi connectivity index (χ2n) is 6.40. The van der Waals surface area contributed by atoms with Gasteiger partial charge in [0, 0.05) is 29.0 Å². The quantitative estimate of drug-likeness (QED) is 0.686. The molecular formula is C21H21NO3. The number of aromatic nitrogens is 1. The number of hydrogen-bond acceptors (Lipinski definition) is 4. The van der Waals surface area contributed by atoms with Crippen molar-refractivity contribution in [1.29, 1.82) is 0 Å². The predicted molar refractivity (Wildman–Crippen MR) is 98.6 cm³/mol. The molecule has 2 aromatic carbocycles. The van der Waals surface area contributed by atoms with Gasteiger partial charge in [0.1, 0.15) is 0 Å². The van der Waals surface area contributed by atoms with Crippen molar-refractivity contribution in [3.8, 4) is 28.5 Å². The van der Waals surface area contributed by atoms with E-state index in [2.05, 4.69) is 17.1 Å². The summed E-state index contributed by atoms with van der Waals surface area (Å²) in [6.07, 6.45) is 2.80. The Morgan fingerprint density at radius 3 is 2.32 bits per heavy atom. The first kappa shape index (κ1) is 15.8. The first-order chi connectivity index (χ1) is 12.2. The van der Waals surface area contributed by atoms with Crippen molar-refractivity contribution in [2.45, 2.75) is 26.4 Å². The molecule has 128 valence electrons. The van der Waals surface area contributed by atoms with Crippen LogP contribution in [0.5, 0.6) is 17.4 Å². The largest absolute Gasteiger partial charge is 0.490 e. The highest BCUT2D eigenvalue weighted by Gasteiger charge is 2.18. The number of hydrogen-bond donors (Lipinski definition) is 0. The fourth-order valence-electron chi connectivity index (χ4n) is 3.04. The number of rotatable bonds is 3. The molecule has 0 saturated carbocycles. The minimum absolute atomic E-state index is 0.0502. The van der Waals surface area contributed by atoms with Gasteiger partial charge in [-0.15, -0.1) is 0 Å². The summed E-state index contributed by atoms with van der Waals surface area (Å²) in [5.41, 5.74) is 2.17. The third kappa shape index (κ3) is 3.12. The summed E-state index contributed by atoms with van der Waals surface area (Å²) in [6.45, 7) is 5.33. The Kier molecular flexibility index (Phi) is 4.18. The lowest BCUT2D eigenvalue weighted by atomic mass is 10.00. The SMILES string of the molecule is CC(C)Oc1ncc(-c2ccccc2)c2cc3c(cc12)OCCCO3. The second kappa shape index (κ2) is 6.63.